The molecule has 0 aliphatic heterocycles. The van der Waals surface area contributed by atoms with Crippen LogP contribution in [-0.2, 0) is 11.2 Å². The van der Waals surface area contributed by atoms with Crippen LogP contribution in [-0.4, -0.2) is 21.8 Å². The Balaban J connectivity index is 2.41. The summed E-state index contributed by atoms with van der Waals surface area (Å²) in [6.07, 6.45) is 5.80. The highest BCUT2D eigenvalue weighted by Gasteiger charge is 2.10. The van der Waals surface area contributed by atoms with E-state index in [1.165, 1.54) is 6.92 Å². The van der Waals surface area contributed by atoms with Gasteiger partial charge in [-0.1, -0.05) is 6.08 Å². The molecule has 0 saturated heterocycles. The maximum absolute atomic E-state index is 11.3. The van der Waals surface area contributed by atoms with Crippen LogP contribution in [0.25, 0.3) is 11.0 Å². The van der Waals surface area contributed by atoms with Crippen LogP contribution in [0.5, 0.6) is 0 Å². The molecule has 0 aromatic carbocycles. The lowest BCUT2D eigenvalue weighted by atomic mass is 10.1. The van der Waals surface area contributed by atoms with Crippen LogP contribution in [0.4, 0.5) is 5.69 Å². The molecule has 5 nitrogen and oxygen atoms in total. The van der Waals surface area contributed by atoms with Gasteiger partial charge in [0, 0.05) is 29.5 Å². The first kappa shape index (κ1) is 14.8. The minimum absolute atomic E-state index is 0.187. The Morgan fingerprint density at radius 3 is 2.95 bits per heavy atom. The number of nitrogens with zero attached hydrogens (tertiary/aromatic N) is 2. The first-order valence-electron chi connectivity index (χ1n) is 6.85. The quantitative estimate of drug-likeness (QED) is 0.652. The van der Waals surface area contributed by atoms with Crippen LogP contribution in [0.15, 0.2) is 30.1 Å². The van der Waals surface area contributed by atoms with Gasteiger partial charge in [0.1, 0.15) is 11.7 Å². The third kappa shape index (κ3) is 3.29. The number of aromatic nitrogens is 2. The van der Waals surface area contributed by atoms with E-state index in [0.29, 0.717) is 12.5 Å². The molecule has 2 heterocycles. The molecule has 0 radical (unpaired) electrons. The predicted molar refractivity (Wildman–Crippen MR) is 82.9 cm³/mol. The molecule has 2 rings (SSSR count). The fraction of sp³-hybridized carbons (Fsp3) is 0.312. The number of hydrogen-bond acceptors (Lipinski definition) is 4. The zero-order chi connectivity index (χ0) is 15.4. The fourth-order valence-corrected chi connectivity index (χ4v) is 2.20. The third-order valence-corrected chi connectivity index (χ3v) is 3.13. The van der Waals surface area contributed by atoms with Gasteiger partial charge in [-0.2, -0.15) is 5.26 Å². The molecule has 0 atom stereocenters. The molecule has 2 aromatic heterocycles. The summed E-state index contributed by atoms with van der Waals surface area (Å²) >= 11 is 0. The Labute approximate surface area is 123 Å². The molecule has 108 valence electrons. The molecule has 2 N–H and O–H groups in total. The van der Waals surface area contributed by atoms with Crippen molar-refractivity contribution in [2.45, 2.75) is 33.2 Å². The van der Waals surface area contributed by atoms with E-state index in [-0.39, 0.29) is 11.4 Å². The van der Waals surface area contributed by atoms with E-state index in [1.54, 1.807) is 12.3 Å². The summed E-state index contributed by atoms with van der Waals surface area (Å²) in [5.74, 6) is -0.212. The summed E-state index contributed by atoms with van der Waals surface area (Å²) in [6, 6.07) is 4.17. The largest absolute Gasteiger partial charge is 0.382 e. The van der Waals surface area contributed by atoms with Crippen molar-refractivity contribution in [3.63, 3.8) is 0 Å². The lowest BCUT2D eigenvalue weighted by Gasteiger charge is -2.11. The van der Waals surface area contributed by atoms with E-state index in [2.05, 4.69) is 29.1 Å². The average molecular weight is 282 g/mol. The van der Waals surface area contributed by atoms with Gasteiger partial charge in [0.25, 0.3) is 0 Å². The van der Waals surface area contributed by atoms with Gasteiger partial charge in [0.2, 0.25) is 0 Å². The zero-order valence-corrected chi connectivity index (χ0v) is 12.4. The van der Waals surface area contributed by atoms with Crippen LogP contribution in [0.3, 0.4) is 0 Å². The van der Waals surface area contributed by atoms with Crippen molar-refractivity contribution in [1.29, 1.82) is 5.26 Å². The molecule has 5 heteroatoms. The highest BCUT2D eigenvalue weighted by Crippen LogP contribution is 2.26. The van der Waals surface area contributed by atoms with Crippen molar-refractivity contribution in [3.05, 3.63) is 35.7 Å². The van der Waals surface area contributed by atoms with Crippen LogP contribution in [0.1, 0.15) is 26.3 Å². The van der Waals surface area contributed by atoms with E-state index in [1.807, 2.05) is 18.3 Å². The van der Waals surface area contributed by atoms with Crippen LogP contribution < -0.4 is 5.32 Å². The van der Waals surface area contributed by atoms with E-state index < -0.39 is 0 Å². The molecule has 0 fully saturated rings. The molecule has 2 aromatic rings. The van der Waals surface area contributed by atoms with Crippen molar-refractivity contribution < 1.29 is 4.79 Å². The molecular weight excluding hydrogens is 264 g/mol. The lowest BCUT2D eigenvalue weighted by Crippen LogP contribution is -2.10. The van der Waals surface area contributed by atoms with Gasteiger partial charge >= 0.3 is 0 Å². The highest BCUT2D eigenvalue weighted by atomic mass is 16.1. The number of hydrogen-bond donors (Lipinski definition) is 2. The van der Waals surface area contributed by atoms with Gasteiger partial charge in [0.05, 0.1) is 5.57 Å². The average Bonchev–Trinajstić information content (AvgIpc) is 2.83. The number of anilines is 1. The number of aromatic amines is 1. The Bertz CT molecular complexity index is 734. The fourth-order valence-electron chi connectivity index (χ4n) is 2.20. The first-order valence-corrected chi connectivity index (χ1v) is 6.85. The van der Waals surface area contributed by atoms with Crippen LogP contribution in [0.2, 0.25) is 0 Å². The smallest absolute Gasteiger partial charge is 0.169 e. The second-order valence-electron chi connectivity index (χ2n) is 5.18. The van der Waals surface area contributed by atoms with Crippen molar-refractivity contribution in [3.8, 4) is 6.07 Å². The summed E-state index contributed by atoms with van der Waals surface area (Å²) in [4.78, 5) is 18.7. The standard InChI is InChI=1S/C16H18N4O/c1-10(2)20-14-6-7-18-16-15(14)13(9-19-16)5-4-12(8-17)11(3)21/h4,6-7,9-10H,5H2,1-3H3,(H2,18,19,20)/b12-4-. The molecule has 0 unspecified atom stereocenters. The summed E-state index contributed by atoms with van der Waals surface area (Å²) < 4.78 is 0. The van der Waals surface area contributed by atoms with Crippen LogP contribution >= 0.6 is 0 Å². The number of allylic oxidation sites excluding steroid dienone is 2. The van der Waals surface area contributed by atoms with Gasteiger partial charge in [-0.05, 0) is 38.8 Å². The number of rotatable bonds is 5. The monoisotopic (exact) mass is 282 g/mol. The number of ketones is 1. The number of nitriles is 1. The number of nitrogens with one attached hydrogen (secondary N) is 2. The van der Waals surface area contributed by atoms with Gasteiger partial charge in [-0.15, -0.1) is 0 Å². The minimum atomic E-state index is -0.212. The van der Waals surface area contributed by atoms with Crippen LogP contribution in [0, 0.1) is 11.3 Å². The summed E-state index contributed by atoms with van der Waals surface area (Å²) in [5, 5.41) is 13.3. The number of carbonyl (C=O) groups is 1. The summed E-state index contributed by atoms with van der Waals surface area (Å²) in [5.41, 5.74) is 2.99. The third-order valence-electron chi connectivity index (χ3n) is 3.13. The molecule has 21 heavy (non-hydrogen) atoms. The van der Waals surface area contributed by atoms with Gasteiger partial charge in [0.15, 0.2) is 5.78 Å². The molecule has 0 aliphatic rings. The molecule has 0 spiro atoms. The summed E-state index contributed by atoms with van der Waals surface area (Å²) in [6.45, 7) is 5.54. The number of carbonyl (C=O) groups excluding carboxylic acids is 1. The number of H-pyrrole nitrogens is 1. The van der Waals surface area contributed by atoms with Crippen molar-refractivity contribution >= 4 is 22.5 Å². The maximum atomic E-state index is 11.3. The normalized spacial score (nSPS) is 11.7. The molecule has 0 aliphatic carbocycles. The van der Waals surface area contributed by atoms with E-state index >= 15 is 0 Å². The zero-order valence-electron chi connectivity index (χ0n) is 12.4. The number of pyridine rings is 1. The topological polar surface area (TPSA) is 81.6 Å². The lowest BCUT2D eigenvalue weighted by molar-refractivity contribution is -0.113. The predicted octanol–water partition coefficient (Wildman–Crippen LogP) is 2.96. The van der Waals surface area contributed by atoms with E-state index in [0.717, 1.165) is 22.3 Å². The second kappa shape index (κ2) is 6.23. The first-order chi connectivity index (χ1) is 10.0. The molecule has 0 bridgehead atoms. The van der Waals surface area contributed by atoms with Gasteiger partial charge in [-0.25, -0.2) is 4.98 Å². The number of Topliss-reactive ketones (excluding diaryl/α,β-unsaturated/α-hetero) is 1. The Morgan fingerprint density at radius 1 is 1.57 bits per heavy atom. The highest BCUT2D eigenvalue weighted by molar-refractivity contribution is 5.97. The Morgan fingerprint density at radius 2 is 2.33 bits per heavy atom. The molecule has 0 amide bonds. The Kier molecular flexibility index (Phi) is 4.39. The van der Waals surface area contributed by atoms with Gasteiger partial charge < -0.3 is 10.3 Å². The van der Waals surface area contributed by atoms with Crippen molar-refractivity contribution in [1.82, 2.24) is 9.97 Å². The van der Waals surface area contributed by atoms with E-state index in [9.17, 15) is 4.79 Å². The van der Waals surface area contributed by atoms with Crippen molar-refractivity contribution in [2.75, 3.05) is 5.32 Å². The number of fused-ring (bicyclic) bond motifs is 1. The Hall–Kier alpha value is -2.61. The summed E-state index contributed by atoms with van der Waals surface area (Å²) in [7, 11) is 0. The van der Waals surface area contributed by atoms with Gasteiger partial charge in [-0.3, -0.25) is 4.79 Å². The molecular formula is C16H18N4O. The maximum Gasteiger partial charge on any atom is 0.169 e. The second-order valence-corrected chi connectivity index (χ2v) is 5.18. The SMILES string of the molecule is CC(=O)/C(C#N)=C\Cc1c[nH]c2nccc(NC(C)C)c12. The molecule has 0 saturated carbocycles. The van der Waals surface area contributed by atoms with Crippen molar-refractivity contribution in [2.24, 2.45) is 0 Å². The van der Waals surface area contributed by atoms with E-state index in [4.69, 9.17) is 5.26 Å². The minimum Gasteiger partial charge on any atom is -0.382 e.